The Balaban J connectivity index is 2.49. The first-order valence-corrected chi connectivity index (χ1v) is 7.67. The van der Waals surface area contributed by atoms with Crippen LogP contribution in [-0.4, -0.2) is 42.2 Å². The number of nitro groups is 1. The van der Waals surface area contributed by atoms with Gasteiger partial charge in [0.15, 0.2) is 0 Å². The zero-order valence-corrected chi connectivity index (χ0v) is 12.4. The van der Waals surface area contributed by atoms with Gasteiger partial charge in [-0.05, 0) is 19.9 Å². The van der Waals surface area contributed by atoms with E-state index in [1.54, 1.807) is 0 Å². The fraction of sp³-hybridized carbons (Fsp3) is 0.417. The highest BCUT2D eigenvalue weighted by Crippen LogP contribution is 2.28. The Kier molecular flexibility index (Phi) is 3.72. The average Bonchev–Trinajstić information content (AvgIpc) is 2.41. The van der Waals surface area contributed by atoms with Crippen molar-refractivity contribution in [3.05, 3.63) is 34.4 Å². The van der Waals surface area contributed by atoms with Gasteiger partial charge in [-0.2, -0.15) is 4.31 Å². The van der Waals surface area contributed by atoms with Crippen molar-refractivity contribution in [2.45, 2.75) is 24.3 Å². The minimum Gasteiger partial charge on any atom is -0.353 e. The second-order valence-corrected chi connectivity index (χ2v) is 7.01. The van der Waals surface area contributed by atoms with Crippen LogP contribution >= 0.6 is 0 Å². The zero-order valence-electron chi connectivity index (χ0n) is 11.6. The number of hydrogen-bond acceptors (Lipinski definition) is 5. The molecule has 1 aromatic rings. The third kappa shape index (κ3) is 2.61. The van der Waals surface area contributed by atoms with Gasteiger partial charge in [0.25, 0.3) is 5.69 Å². The van der Waals surface area contributed by atoms with Gasteiger partial charge < -0.3 is 5.32 Å². The lowest BCUT2D eigenvalue weighted by molar-refractivity contribution is -0.385. The van der Waals surface area contributed by atoms with Gasteiger partial charge in [0.2, 0.25) is 15.9 Å². The first kappa shape index (κ1) is 15.4. The normalized spacial score (nSPS) is 19.0. The van der Waals surface area contributed by atoms with Crippen molar-refractivity contribution in [2.75, 3.05) is 13.1 Å². The van der Waals surface area contributed by atoms with Gasteiger partial charge in [0.1, 0.15) is 5.54 Å². The maximum absolute atomic E-state index is 12.6. The minimum atomic E-state index is -3.99. The number of nitrogens with zero attached hydrogens (tertiary/aromatic N) is 2. The summed E-state index contributed by atoms with van der Waals surface area (Å²) < 4.78 is 26.4. The predicted molar refractivity (Wildman–Crippen MR) is 74.1 cm³/mol. The van der Waals surface area contributed by atoms with Crippen LogP contribution in [0.3, 0.4) is 0 Å². The number of amides is 1. The van der Waals surface area contributed by atoms with Crippen molar-refractivity contribution in [1.29, 1.82) is 0 Å². The van der Waals surface area contributed by atoms with E-state index in [4.69, 9.17) is 0 Å². The number of nitrogens with one attached hydrogen (secondary N) is 1. The fourth-order valence-electron chi connectivity index (χ4n) is 2.19. The molecule has 0 aromatic heterocycles. The van der Waals surface area contributed by atoms with Crippen molar-refractivity contribution in [3.8, 4) is 0 Å². The van der Waals surface area contributed by atoms with Gasteiger partial charge in [-0.3, -0.25) is 14.9 Å². The molecule has 1 amide bonds. The molecule has 1 N–H and O–H groups in total. The smallest absolute Gasteiger partial charge is 0.270 e. The summed E-state index contributed by atoms with van der Waals surface area (Å²) in [5.41, 5.74) is -1.56. The molecule has 21 heavy (non-hydrogen) atoms. The molecule has 1 heterocycles. The predicted octanol–water partition coefficient (Wildman–Crippen LogP) is 0.494. The molecule has 0 unspecified atom stereocenters. The Labute approximate surface area is 122 Å². The van der Waals surface area contributed by atoms with E-state index in [1.807, 2.05) is 0 Å². The fourth-order valence-corrected chi connectivity index (χ4v) is 3.98. The Morgan fingerprint density at radius 1 is 1.38 bits per heavy atom. The van der Waals surface area contributed by atoms with Crippen molar-refractivity contribution < 1.29 is 18.1 Å². The molecular weight excluding hydrogens is 298 g/mol. The lowest BCUT2D eigenvalue weighted by atomic mass is 10.0. The average molecular weight is 313 g/mol. The summed E-state index contributed by atoms with van der Waals surface area (Å²) in [6.45, 7) is 3.31. The van der Waals surface area contributed by atoms with Gasteiger partial charge in [0.05, 0.1) is 9.82 Å². The van der Waals surface area contributed by atoms with Crippen molar-refractivity contribution in [2.24, 2.45) is 0 Å². The quantitative estimate of drug-likeness (QED) is 0.645. The Morgan fingerprint density at radius 2 is 2.05 bits per heavy atom. The highest BCUT2D eigenvalue weighted by atomic mass is 32.2. The van der Waals surface area contributed by atoms with E-state index in [9.17, 15) is 23.3 Å². The Morgan fingerprint density at radius 3 is 2.67 bits per heavy atom. The summed E-state index contributed by atoms with van der Waals surface area (Å²) in [6.07, 6.45) is 0. The van der Waals surface area contributed by atoms with E-state index in [2.05, 4.69) is 5.32 Å². The molecule has 1 aromatic carbocycles. The van der Waals surface area contributed by atoms with Crippen LogP contribution in [0.2, 0.25) is 0 Å². The van der Waals surface area contributed by atoms with Crippen LogP contribution in [0, 0.1) is 10.1 Å². The van der Waals surface area contributed by atoms with Crippen molar-refractivity contribution >= 4 is 21.6 Å². The van der Waals surface area contributed by atoms with Gasteiger partial charge in [-0.1, -0.05) is 6.07 Å². The van der Waals surface area contributed by atoms with Crippen LogP contribution in [0.4, 0.5) is 5.69 Å². The number of benzene rings is 1. The molecule has 1 aliphatic rings. The summed E-state index contributed by atoms with van der Waals surface area (Å²) in [5.74, 6) is -0.400. The Bertz CT molecular complexity index is 699. The molecule has 0 saturated carbocycles. The van der Waals surface area contributed by atoms with E-state index in [-0.39, 0.29) is 23.7 Å². The number of piperazine rings is 1. The SMILES string of the molecule is CC1(C)C(=O)NCCN1S(=O)(=O)c1cccc([N+](=O)[O-])c1. The molecule has 0 aliphatic carbocycles. The van der Waals surface area contributed by atoms with Crippen molar-refractivity contribution in [1.82, 2.24) is 9.62 Å². The molecule has 9 heteroatoms. The number of non-ortho nitro benzene ring substituents is 1. The second-order valence-electron chi connectivity index (χ2n) is 5.15. The molecule has 1 aliphatic heterocycles. The van der Waals surface area contributed by atoms with Crippen LogP contribution in [0.15, 0.2) is 29.2 Å². The number of hydrogen-bond donors (Lipinski definition) is 1. The van der Waals surface area contributed by atoms with Gasteiger partial charge in [-0.15, -0.1) is 0 Å². The molecule has 114 valence electrons. The van der Waals surface area contributed by atoms with Crippen LogP contribution in [-0.2, 0) is 14.8 Å². The number of nitro benzene ring substituents is 1. The topological polar surface area (TPSA) is 110 Å². The van der Waals surface area contributed by atoms with Gasteiger partial charge in [0, 0.05) is 25.2 Å². The second kappa shape index (κ2) is 5.08. The number of carbonyl (C=O) groups excluding carboxylic acids is 1. The van der Waals surface area contributed by atoms with Gasteiger partial charge in [-0.25, -0.2) is 8.42 Å². The number of sulfonamides is 1. The third-order valence-corrected chi connectivity index (χ3v) is 5.46. The maximum atomic E-state index is 12.6. The number of carbonyl (C=O) groups is 1. The van der Waals surface area contributed by atoms with E-state index in [1.165, 1.54) is 32.0 Å². The largest absolute Gasteiger partial charge is 0.353 e. The molecule has 0 radical (unpaired) electrons. The lowest BCUT2D eigenvalue weighted by Gasteiger charge is -2.39. The molecule has 0 atom stereocenters. The van der Waals surface area contributed by atoms with Crippen LogP contribution in [0.25, 0.3) is 0 Å². The summed E-state index contributed by atoms with van der Waals surface area (Å²) in [4.78, 5) is 21.8. The third-order valence-electron chi connectivity index (χ3n) is 3.40. The molecule has 1 saturated heterocycles. The molecule has 8 nitrogen and oxygen atoms in total. The maximum Gasteiger partial charge on any atom is 0.270 e. The first-order valence-electron chi connectivity index (χ1n) is 6.23. The first-order chi connectivity index (χ1) is 9.67. The van der Waals surface area contributed by atoms with E-state index in [0.717, 1.165) is 10.4 Å². The van der Waals surface area contributed by atoms with Crippen LogP contribution < -0.4 is 5.32 Å². The summed E-state index contributed by atoms with van der Waals surface area (Å²) in [5, 5.41) is 13.4. The highest BCUT2D eigenvalue weighted by molar-refractivity contribution is 7.89. The molecule has 2 rings (SSSR count). The summed E-state index contributed by atoms with van der Waals surface area (Å²) >= 11 is 0. The van der Waals surface area contributed by atoms with E-state index in [0.29, 0.717) is 0 Å². The lowest BCUT2D eigenvalue weighted by Crippen LogP contribution is -2.63. The molecule has 0 bridgehead atoms. The molecule has 1 fully saturated rings. The summed E-state index contributed by atoms with van der Waals surface area (Å²) in [7, 11) is -3.99. The standard InChI is InChI=1S/C12H15N3O5S/c1-12(2)11(16)13-6-7-14(12)21(19,20)10-5-3-4-9(8-10)15(17)18/h3-5,8H,6-7H2,1-2H3,(H,13,16). The van der Waals surface area contributed by atoms with Gasteiger partial charge >= 0.3 is 0 Å². The highest BCUT2D eigenvalue weighted by Gasteiger charge is 2.45. The Hall–Kier alpha value is -2.00. The van der Waals surface area contributed by atoms with Crippen LogP contribution in [0.1, 0.15) is 13.8 Å². The molecular formula is C12H15N3O5S. The van der Waals surface area contributed by atoms with E-state index < -0.39 is 26.4 Å². The van der Waals surface area contributed by atoms with Crippen LogP contribution in [0.5, 0.6) is 0 Å². The monoisotopic (exact) mass is 313 g/mol. The molecule has 0 spiro atoms. The zero-order chi connectivity index (χ0) is 15.8. The summed E-state index contributed by atoms with van der Waals surface area (Å²) in [6, 6.07) is 4.80. The number of rotatable bonds is 3. The van der Waals surface area contributed by atoms with E-state index >= 15 is 0 Å². The van der Waals surface area contributed by atoms with Crippen molar-refractivity contribution in [3.63, 3.8) is 0 Å². The minimum absolute atomic E-state index is 0.115.